The summed E-state index contributed by atoms with van der Waals surface area (Å²) in [5.41, 5.74) is 5.47. The minimum Gasteiger partial charge on any atom is -0.496 e. The Kier molecular flexibility index (Phi) is 7.63. The Hall–Kier alpha value is -2.48. The van der Waals surface area contributed by atoms with Gasteiger partial charge in [0.1, 0.15) is 5.75 Å². The quantitative estimate of drug-likeness (QED) is 0.452. The maximum Gasteiger partial charge on any atom is 0.261 e. The number of ether oxygens (including phenoxy) is 2. The smallest absolute Gasteiger partial charge is 0.261 e. The van der Waals surface area contributed by atoms with E-state index in [1.165, 1.54) is 39.5 Å². The number of likely N-dealkylation sites (tertiary alicyclic amines) is 1. The van der Waals surface area contributed by atoms with Gasteiger partial charge in [-0.3, -0.25) is 14.4 Å². The van der Waals surface area contributed by atoms with Crippen LogP contribution in [0.15, 0.2) is 42.6 Å². The number of aromatic amines is 1. The molecule has 33 heavy (non-hydrogen) atoms. The molecule has 7 heteroatoms. The zero-order chi connectivity index (χ0) is 23.4. The van der Waals surface area contributed by atoms with Gasteiger partial charge in [0.05, 0.1) is 7.11 Å². The topological polar surface area (TPSA) is 66.6 Å². The van der Waals surface area contributed by atoms with Crippen LogP contribution >= 0.6 is 11.9 Å². The number of piperidine rings is 1. The van der Waals surface area contributed by atoms with Gasteiger partial charge in [-0.25, -0.2) is 0 Å². The highest BCUT2D eigenvalue weighted by molar-refractivity contribution is 7.97. The van der Waals surface area contributed by atoms with Crippen LogP contribution in [0.3, 0.4) is 0 Å². The molecular formula is C26H33N3O3S. The van der Waals surface area contributed by atoms with E-state index in [1.807, 2.05) is 24.6 Å². The molecule has 2 N–H and O–H groups in total. The number of carbonyl (C=O) groups is 1. The lowest BCUT2D eigenvalue weighted by Crippen LogP contribution is -2.37. The van der Waals surface area contributed by atoms with Crippen molar-refractivity contribution in [3.8, 4) is 5.75 Å². The van der Waals surface area contributed by atoms with E-state index in [9.17, 15) is 4.79 Å². The van der Waals surface area contributed by atoms with Crippen LogP contribution in [-0.4, -0.2) is 49.4 Å². The number of hydrogen-bond acceptors (Lipinski definition) is 5. The molecule has 0 saturated carbocycles. The number of benzene rings is 2. The molecule has 0 radical (unpaired) electrons. The highest BCUT2D eigenvalue weighted by Crippen LogP contribution is 2.39. The van der Waals surface area contributed by atoms with Crippen molar-refractivity contribution in [1.82, 2.24) is 14.6 Å². The van der Waals surface area contributed by atoms with Crippen molar-refractivity contribution in [2.75, 3.05) is 33.6 Å². The number of H-pyrrole nitrogens is 1. The first-order valence-electron chi connectivity index (χ1n) is 11.4. The van der Waals surface area contributed by atoms with Crippen LogP contribution in [0.4, 0.5) is 0 Å². The number of aromatic nitrogens is 1. The van der Waals surface area contributed by atoms with Gasteiger partial charge in [0.15, 0.2) is 0 Å². The number of fused-ring (bicyclic) bond motifs is 1. The van der Waals surface area contributed by atoms with E-state index in [0.717, 1.165) is 38.3 Å². The molecule has 2 aromatic carbocycles. The van der Waals surface area contributed by atoms with E-state index < -0.39 is 0 Å². The van der Waals surface area contributed by atoms with E-state index in [0.29, 0.717) is 11.5 Å². The van der Waals surface area contributed by atoms with Crippen LogP contribution in [0.2, 0.25) is 0 Å². The molecule has 1 aliphatic rings. The second-order valence-corrected chi connectivity index (χ2v) is 9.34. The highest BCUT2D eigenvalue weighted by atomic mass is 32.2. The molecule has 0 bridgehead atoms. The third kappa shape index (κ3) is 5.05. The van der Waals surface area contributed by atoms with Crippen molar-refractivity contribution in [3.05, 3.63) is 64.8 Å². The molecular weight excluding hydrogens is 434 g/mol. The Morgan fingerprint density at radius 1 is 1.24 bits per heavy atom. The Balaban J connectivity index is 1.65. The number of nitrogens with one attached hydrogen (secondary N) is 2. The molecule has 176 valence electrons. The van der Waals surface area contributed by atoms with E-state index >= 15 is 0 Å². The average Bonchev–Trinajstić information content (AvgIpc) is 3.33. The van der Waals surface area contributed by atoms with Crippen LogP contribution in [0.25, 0.3) is 10.9 Å². The molecule has 1 unspecified atom stereocenters. The fourth-order valence-electron chi connectivity index (χ4n) is 5.00. The van der Waals surface area contributed by atoms with Gasteiger partial charge in [0, 0.05) is 60.8 Å². The third-order valence-electron chi connectivity index (χ3n) is 6.67. The molecule has 1 aliphatic heterocycles. The van der Waals surface area contributed by atoms with Crippen molar-refractivity contribution in [2.24, 2.45) is 5.92 Å². The SMILES string of the molecule is COCC1CCN(Cc2c(OC)cc(C)c3[nH]ccc23)[C@H](c2ccc(C(=O)NSC)cc2)C1. The van der Waals surface area contributed by atoms with Gasteiger partial charge >= 0.3 is 0 Å². The van der Waals surface area contributed by atoms with Gasteiger partial charge < -0.3 is 14.5 Å². The Labute approximate surface area is 200 Å². The normalized spacial score (nSPS) is 19.0. The zero-order valence-electron chi connectivity index (χ0n) is 19.8. The van der Waals surface area contributed by atoms with Gasteiger partial charge in [-0.05, 0) is 67.6 Å². The molecule has 3 aromatic rings. The molecule has 0 aliphatic carbocycles. The fraction of sp³-hybridized carbons (Fsp3) is 0.423. The first-order valence-corrected chi connectivity index (χ1v) is 12.6. The summed E-state index contributed by atoms with van der Waals surface area (Å²) in [6.45, 7) is 4.67. The Morgan fingerprint density at radius 3 is 2.73 bits per heavy atom. The summed E-state index contributed by atoms with van der Waals surface area (Å²) < 4.78 is 14.1. The van der Waals surface area contributed by atoms with Crippen LogP contribution < -0.4 is 9.46 Å². The summed E-state index contributed by atoms with van der Waals surface area (Å²) in [4.78, 5) is 18.1. The molecule has 1 fully saturated rings. The van der Waals surface area contributed by atoms with Crippen LogP contribution in [0.5, 0.6) is 5.75 Å². The number of aryl methyl sites for hydroxylation is 1. The van der Waals surface area contributed by atoms with Crippen molar-refractivity contribution < 1.29 is 14.3 Å². The number of hydrogen-bond donors (Lipinski definition) is 2. The summed E-state index contributed by atoms with van der Waals surface area (Å²) in [5, 5.41) is 1.22. The van der Waals surface area contributed by atoms with Crippen LogP contribution in [0.1, 0.15) is 45.9 Å². The molecule has 2 atom stereocenters. The van der Waals surface area contributed by atoms with E-state index in [1.54, 1.807) is 14.2 Å². The number of methoxy groups -OCH3 is 2. The summed E-state index contributed by atoms with van der Waals surface area (Å²) >= 11 is 1.31. The Bertz CT molecular complexity index is 1100. The number of rotatable bonds is 8. The van der Waals surface area contributed by atoms with E-state index in [2.05, 4.69) is 45.8 Å². The van der Waals surface area contributed by atoms with Crippen molar-refractivity contribution in [2.45, 2.75) is 32.4 Å². The van der Waals surface area contributed by atoms with Gasteiger partial charge in [-0.15, -0.1) is 0 Å². The number of carbonyl (C=O) groups excluding carboxylic acids is 1. The van der Waals surface area contributed by atoms with Crippen LogP contribution in [-0.2, 0) is 11.3 Å². The maximum atomic E-state index is 12.2. The lowest BCUT2D eigenvalue weighted by molar-refractivity contribution is 0.0579. The van der Waals surface area contributed by atoms with E-state index in [-0.39, 0.29) is 11.9 Å². The molecule has 1 aromatic heterocycles. The van der Waals surface area contributed by atoms with Gasteiger partial charge in [-0.1, -0.05) is 24.1 Å². The molecule has 4 rings (SSSR count). The predicted octanol–water partition coefficient (Wildman–Crippen LogP) is 5.09. The second-order valence-electron chi connectivity index (χ2n) is 8.73. The number of nitrogens with zero attached hydrogens (tertiary/aromatic N) is 1. The second kappa shape index (κ2) is 10.6. The van der Waals surface area contributed by atoms with Gasteiger partial charge in [-0.2, -0.15) is 0 Å². The largest absolute Gasteiger partial charge is 0.496 e. The first-order chi connectivity index (χ1) is 16.0. The summed E-state index contributed by atoms with van der Waals surface area (Å²) in [6, 6.07) is 12.6. The minimum absolute atomic E-state index is 0.0638. The molecule has 6 nitrogen and oxygen atoms in total. The van der Waals surface area contributed by atoms with Crippen molar-refractivity contribution in [3.63, 3.8) is 0 Å². The van der Waals surface area contributed by atoms with Gasteiger partial charge in [0.2, 0.25) is 0 Å². The van der Waals surface area contributed by atoms with Gasteiger partial charge in [0.25, 0.3) is 5.91 Å². The minimum atomic E-state index is -0.0638. The van der Waals surface area contributed by atoms with Crippen molar-refractivity contribution >= 4 is 28.8 Å². The standard InChI is InChI=1S/C26H33N3O3S/c1-17-13-24(32-3)22(21-9-11-27-25(17)21)15-29-12-10-18(16-31-2)14-23(29)19-5-7-20(8-6-19)26(30)28-33-4/h5-9,11,13,18,23,27H,10,12,14-16H2,1-4H3,(H,28,30)/t18?,23-/m0/s1. The zero-order valence-corrected chi connectivity index (χ0v) is 20.6. The average molecular weight is 468 g/mol. The van der Waals surface area contributed by atoms with Crippen LogP contribution in [0, 0.1) is 12.8 Å². The molecule has 2 heterocycles. The summed E-state index contributed by atoms with van der Waals surface area (Å²) in [5.74, 6) is 1.38. The third-order valence-corrected chi connectivity index (χ3v) is 7.06. The molecule has 0 spiro atoms. The lowest BCUT2D eigenvalue weighted by atomic mass is 9.86. The monoisotopic (exact) mass is 467 g/mol. The summed E-state index contributed by atoms with van der Waals surface area (Å²) in [6.07, 6.45) is 5.97. The predicted molar refractivity (Wildman–Crippen MR) is 135 cm³/mol. The van der Waals surface area contributed by atoms with E-state index in [4.69, 9.17) is 9.47 Å². The molecule has 1 saturated heterocycles. The lowest BCUT2D eigenvalue weighted by Gasteiger charge is -2.40. The molecule has 1 amide bonds. The highest BCUT2D eigenvalue weighted by Gasteiger charge is 2.31. The fourth-order valence-corrected chi connectivity index (χ4v) is 5.31. The van der Waals surface area contributed by atoms with Crippen molar-refractivity contribution in [1.29, 1.82) is 0 Å². The Morgan fingerprint density at radius 2 is 2.03 bits per heavy atom. The summed E-state index contributed by atoms with van der Waals surface area (Å²) in [7, 11) is 3.53. The number of amides is 1. The maximum absolute atomic E-state index is 12.2. The first kappa shape index (κ1) is 23.7.